The molecule has 6 aromatic rings. The van der Waals surface area contributed by atoms with Crippen molar-refractivity contribution in [2.24, 2.45) is 0 Å². The van der Waals surface area contributed by atoms with Gasteiger partial charge < -0.3 is 14.8 Å². The summed E-state index contributed by atoms with van der Waals surface area (Å²) in [5.41, 5.74) is 8.75. The number of imidazole rings is 1. The van der Waals surface area contributed by atoms with Crippen LogP contribution in [0.1, 0.15) is 48.7 Å². The van der Waals surface area contributed by atoms with Gasteiger partial charge in [0.2, 0.25) is 0 Å². The lowest BCUT2D eigenvalue weighted by molar-refractivity contribution is 0.0780. The summed E-state index contributed by atoms with van der Waals surface area (Å²) in [5, 5.41) is 0. The predicted molar refractivity (Wildman–Crippen MR) is 201 cm³/mol. The minimum Gasteiger partial charge on any atom is -0.340 e. The second kappa shape index (κ2) is 14.8. The van der Waals surface area contributed by atoms with Crippen molar-refractivity contribution in [3.63, 3.8) is 0 Å². The lowest BCUT2D eigenvalue weighted by Crippen LogP contribution is -2.36. The van der Waals surface area contributed by atoms with E-state index in [1.807, 2.05) is 72.3 Å². The Kier molecular flexibility index (Phi) is 9.87. The van der Waals surface area contributed by atoms with E-state index < -0.39 is 0 Å². The summed E-state index contributed by atoms with van der Waals surface area (Å²) in [7, 11) is 1.86. The van der Waals surface area contributed by atoms with Gasteiger partial charge in [-0.15, -0.1) is 0 Å². The standard InChI is InChI=1S/C41H45N7O2/c1-4-46(5-2)26-25-45(3)40(49)32-19-20-34-36(27-32)43-38(30-11-7-6-8-12-30)39(42-34)31-17-15-29(16-18-31)28-47-23-21-33(22-24-47)48-37-14-10-9-13-35(37)44-41(48)50/h6-20,27,33H,4-5,21-26,28H2,1-3H3,(H,44,50). The molecule has 7 rings (SSSR count). The van der Waals surface area contributed by atoms with Crippen LogP contribution in [-0.4, -0.2) is 86.4 Å². The second-order valence-electron chi connectivity index (χ2n) is 13.3. The van der Waals surface area contributed by atoms with Crippen molar-refractivity contribution in [3.05, 3.63) is 119 Å². The van der Waals surface area contributed by atoms with E-state index in [0.29, 0.717) is 17.6 Å². The molecule has 2 aromatic heterocycles. The van der Waals surface area contributed by atoms with Crippen LogP contribution in [0.5, 0.6) is 0 Å². The third kappa shape index (κ3) is 6.97. The number of fused-ring (bicyclic) bond motifs is 2. The highest BCUT2D eigenvalue weighted by Crippen LogP contribution is 2.32. The molecule has 1 fully saturated rings. The number of likely N-dealkylation sites (tertiary alicyclic amines) is 1. The fraction of sp³-hybridized carbons (Fsp3) is 0.317. The van der Waals surface area contributed by atoms with E-state index in [1.165, 1.54) is 5.56 Å². The zero-order chi connectivity index (χ0) is 34.6. The lowest BCUT2D eigenvalue weighted by atomic mass is 10.0. The number of hydrogen-bond donors (Lipinski definition) is 1. The molecule has 9 nitrogen and oxygen atoms in total. The van der Waals surface area contributed by atoms with E-state index in [4.69, 9.17) is 9.97 Å². The summed E-state index contributed by atoms with van der Waals surface area (Å²) in [6, 6.07) is 32.6. The summed E-state index contributed by atoms with van der Waals surface area (Å²) in [5.74, 6) is -0.0158. The van der Waals surface area contributed by atoms with Crippen molar-refractivity contribution < 1.29 is 4.79 Å². The number of carbonyl (C=O) groups is 1. The topological polar surface area (TPSA) is 90.4 Å². The third-order valence-electron chi connectivity index (χ3n) is 10.1. The van der Waals surface area contributed by atoms with Crippen LogP contribution in [0.15, 0.2) is 102 Å². The zero-order valence-corrected chi connectivity index (χ0v) is 29.2. The number of aromatic nitrogens is 4. The Hall–Kier alpha value is -5.12. The molecule has 1 aliphatic heterocycles. The van der Waals surface area contributed by atoms with Gasteiger partial charge in [-0.25, -0.2) is 14.8 Å². The Labute approximate surface area is 293 Å². The highest BCUT2D eigenvalue weighted by atomic mass is 16.2. The number of H-pyrrole nitrogens is 1. The van der Waals surface area contributed by atoms with E-state index in [9.17, 15) is 9.59 Å². The fourth-order valence-corrected chi connectivity index (χ4v) is 7.14. The second-order valence-corrected chi connectivity index (χ2v) is 13.3. The van der Waals surface area contributed by atoms with Crippen LogP contribution >= 0.6 is 0 Å². The first-order valence-corrected chi connectivity index (χ1v) is 17.8. The van der Waals surface area contributed by atoms with Gasteiger partial charge in [-0.05, 0) is 61.8 Å². The summed E-state index contributed by atoms with van der Waals surface area (Å²) in [6.07, 6.45) is 1.87. The highest BCUT2D eigenvalue weighted by molar-refractivity contribution is 5.98. The number of nitrogens with one attached hydrogen (secondary N) is 1. The smallest absolute Gasteiger partial charge is 0.326 e. The summed E-state index contributed by atoms with van der Waals surface area (Å²) in [6.45, 7) is 10.4. The van der Waals surface area contributed by atoms with E-state index in [0.717, 1.165) is 91.2 Å². The summed E-state index contributed by atoms with van der Waals surface area (Å²) < 4.78 is 1.95. The van der Waals surface area contributed by atoms with Crippen molar-refractivity contribution in [2.75, 3.05) is 46.3 Å². The van der Waals surface area contributed by atoms with Crippen LogP contribution in [0.4, 0.5) is 0 Å². The largest absolute Gasteiger partial charge is 0.340 e. The molecule has 0 spiro atoms. The Balaban J connectivity index is 1.08. The van der Waals surface area contributed by atoms with Gasteiger partial charge in [-0.1, -0.05) is 80.6 Å². The van der Waals surface area contributed by atoms with Gasteiger partial charge in [0.25, 0.3) is 5.91 Å². The molecule has 1 aliphatic rings. The Morgan fingerprint density at radius 1 is 0.800 bits per heavy atom. The van der Waals surface area contributed by atoms with Crippen LogP contribution in [0.25, 0.3) is 44.6 Å². The number of para-hydroxylation sites is 2. The third-order valence-corrected chi connectivity index (χ3v) is 10.1. The number of hydrogen-bond acceptors (Lipinski definition) is 6. The van der Waals surface area contributed by atoms with Crippen LogP contribution in [0.3, 0.4) is 0 Å². The maximum Gasteiger partial charge on any atom is 0.326 e. The van der Waals surface area contributed by atoms with Crippen molar-refractivity contribution >= 4 is 28.0 Å². The number of benzene rings is 4. The van der Waals surface area contributed by atoms with Gasteiger partial charge in [0, 0.05) is 62.5 Å². The maximum absolute atomic E-state index is 13.4. The number of amides is 1. The lowest BCUT2D eigenvalue weighted by Gasteiger charge is -2.32. The minimum atomic E-state index is -0.0187. The molecule has 0 atom stereocenters. The molecule has 3 heterocycles. The minimum absolute atomic E-state index is 0.0158. The zero-order valence-electron chi connectivity index (χ0n) is 29.2. The molecule has 0 radical (unpaired) electrons. The molecule has 0 bridgehead atoms. The number of piperidine rings is 1. The monoisotopic (exact) mass is 667 g/mol. The SMILES string of the molecule is CCN(CC)CCN(C)C(=O)c1ccc2nc(-c3ccc(CN4CCC(n5c(=O)[nH]c6ccccc65)CC4)cc3)c(-c3ccccc3)nc2c1. The predicted octanol–water partition coefficient (Wildman–Crippen LogP) is 6.86. The van der Waals surface area contributed by atoms with Crippen molar-refractivity contribution in [3.8, 4) is 22.5 Å². The van der Waals surface area contributed by atoms with Crippen LogP contribution in [0.2, 0.25) is 0 Å². The molecule has 0 aliphatic carbocycles. The Bertz CT molecular complexity index is 2140. The molecule has 1 N–H and O–H groups in total. The first-order chi connectivity index (χ1) is 24.4. The fourth-order valence-electron chi connectivity index (χ4n) is 7.14. The first kappa shape index (κ1) is 33.4. The van der Waals surface area contributed by atoms with Gasteiger partial charge in [-0.2, -0.15) is 0 Å². The molecule has 0 saturated carbocycles. The van der Waals surface area contributed by atoms with Gasteiger partial charge in [0.05, 0.1) is 33.5 Å². The van der Waals surface area contributed by atoms with Gasteiger partial charge in [0.15, 0.2) is 0 Å². The molecular formula is C41H45N7O2. The van der Waals surface area contributed by atoms with Crippen molar-refractivity contribution in [2.45, 2.75) is 39.3 Å². The number of aromatic amines is 1. The summed E-state index contributed by atoms with van der Waals surface area (Å²) >= 11 is 0. The number of nitrogens with zero attached hydrogens (tertiary/aromatic N) is 6. The van der Waals surface area contributed by atoms with E-state index >= 15 is 0 Å². The Morgan fingerprint density at radius 2 is 1.46 bits per heavy atom. The van der Waals surface area contributed by atoms with Crippen molar-refractivity contribution in [1.82, 2.24) is 34.2 Å². The molecule has 256 valence electrons. The number of rotatable bonds is 11. The molecule has 50 heavy (non-hydrogen) atoms. The highest BCUT2D eigenvalue weighted by Gasteiger charge is 2.24. The van der Waals surface area contributed by atoms with Crippen LogP contribution < -0.4 is 5.69 Å². The van der Waals surface area contributed by atoms with E-state index in [2.05, 4.69) is 65.0 Å². The normalized spacial score (nSPS) is 14.2. The average molecular weight is 668 g/mol. The Morgan fingerprint density at radius 3 is 2.18 bits per heavy atom. The van der Waals surface area contributed by atoms with Crippen molar-refractivity contribution in [1.29, 1.82) is 0 Å². The number of likely N-dealkylation sites (N-methyl/N-ethyl adjacent to an activating group) is 2. The molecule has 9 heteroatoms. The molecule has 4 aromatic carbocycles. The molecular weight excluding hydrogens is 622 g/mol. The van der Waals surface area contributed by atoms with Gasteiger partial charge in [-0.3, -0.25) is 14.3 Å². The first-order valence-electron chi connectivity index (χ1n) is 17.8. The van der Waals surface area contributed by atoms with Gasteiger partial charge >= 0.3 is 5.69 Å². The quantitative estimate of drug-likeness (QED) is 0.163. The number of carbonyl (C=O) groups excluding carboxylic acids is 1. The van der Waals surface area contributed by atoms with E-state index in [1.54, 1.807) is 4.90 Å². The maximum atomic E-state index is 13.4. The van der Waals surface area contributed by atoms with Crippen LogP contribution in [0, 0.1) is 0 Å². The summed E-state index contributed by atoms with van der Waals surface area (Å²) in [4.78, 5) is 45.9. The van der Waals surface area contributed by atoms with E-state index in [-0.39, 0.29) is 17.6 Å². The molecule has 1 saturated heterocycles. The van der Waals surface area contributed by atoms with Crippen LogP contribution in [-0.2, 0) is 6.54 Å². The average Bonchev–Trinajstić information content (AvgIpc) is 3.50. The molecule has 1 amide bonds. The van der Waals surface area contributed by atoms with Gasteiger partial charge in [0.1, 0.15) is 0 Å². The molecule has 0 unspecified atom stereocenters.